The Balaban J connectivity index is 1.47. The van der Waals surface area contributed by atoms with Crippen molar-refractivity contribution in [2.45, 2.75) is 18.1 Å². The maximum Gasteiger partial charge on any atom is 0.411 e. The molecule has 0 bridgehead atoms. The number of carbonyl (C=O) groups is 2. The highest BCUT2D eigenvalue weighted by Gasteiger charge is 2.59. The van der Waals surface area contributed by atoms with Crippen LogP contribution in [0.2, 0.25) is 0 Å². The zero-order valence-electron chi connectivity index (χ0n) is 15.6. The Bertz CT molecular complexity index is 1140. The molecule has 29 heavy (non-hydrogen) atoms. The topological polar surface area (TPSA) is 49.9 Å². The Morgan fingerprint density at radius 1 is 0.759 bits per heavy atom. The summed E-state index contributed by atoms with van der Waals surface area (Å²) in [6.45, 7) is 0.261. The molecule has 0 N–H and O–H groups in total. The van der Waals surface area contributed by atoms with E-state index < -0.39 is 12.1 Å². The van der Waals surface area contributed by atoms with Gasteiger partial charge in [-0.1, -0.05) is 72.8 Å². The minimum absolute atomic E-state index is 0.0586. The van der Waals surface area contributed by atoms with Crippen LogP contribution in [-0.2, 0) is 9.53 Å². The van der Waals surface area contributed by atoms with Crippen LogP contribution in [0.5, 0.6) is 0 Å². The number of hydrogen-bond acceptors (Lipinski definition) is 3. The van der Waals surface area contributed by atoms with Crippen LogP contribution in [0.25, 0.3) is 11.1 Å². The molecule has 0 radical (unpaired) electrons. The monoisotopic (exact) mass is 382 g/mol. The smallest absolute Gasteiger partial charge is 0.411 e. The Hall–Kier alpha value is -3.60. The van der Waals surface area contributed by atoms with Gasteiger partial charge in [-0.2, -0.15) is 0 Å². The minimum Gasteiger partial charge on any atom is -0.447 e. The van der Waals surface area contributed by atoms with Crippen molar-refractivity contribution in [3.8, 4) is 11.1 Å². The highest BCUT2D eigenvalue weighted by atomic mass is 16.6. The van der Waals surface area contributed by atoms with E-state index in [0.717, 1.165) is 27.9 Å². The molecule has 3 heterocycles. The average Bonchev–Trinajstić information content (AvgIpc) is 3.14. The van der Waals surface area contributed by atoms with Crippen LogP contribution in [0.1, 0.15) is 23.2 Å². The molecule has 5 heteroatoms. The third kappa shape index (κ3) is 2.15. The van der Waals surface area contributed by atoms with Gasteiger partial charge in [0.25, 0.3) is 5.91 Å². The minimum atomic E-state index is -0.565. The predicted molar refractivity (Wildman–Crippen MR) is 108 cm³/mol. The number of rotatable bonds is 2. The lowest BCUT2D eigenvalue weighted by atomic mass is 9.78. The highest BCUT2D eigenvalue weighted by molar-refractivity contribution is 6.12. The molecule has 0 saturated carbocycles. The van der Waals surface area contributed by atoms with Gasteiger partial charge < -0.3 is 4.74 Å². The average molecular weight is 382 g/mol. The second-order valence-electron chi connectivity index (χ2n) is 7.61. The Morgan fingerprint density at radius 3 is 2.28 bits per heavy atom. The second-order valence-corrected chi connectivity index (χ2v) is 7.61. The number of hydrogen-bond donors (Lipinski definition) is 0. The normalized spacial score (nSPS) is 24.3. The van der Waals surface area contributed by atoms with Gasteiger partial charge in [-0.05, 0) is 22.8 Å². The van der Waals surface area contributed by atoms with Crippen LogP contribution in [0.3, 0.4) is 0 Å². The zero-order valence-corrected chi connectivity index (χ0v) is 15.6. The number of amides is 2. The molecule has 2 fully saturated rings. The van der Waals surface area contributed by atoms with Gasteiger partial charge >= 0.3 is 6.09 Å². The standard InChI is InChI=1S/C24H18N2O3/c27-23-22(26-20(14-29-24(26)28)15-8-2-1-3-9-15)21-18-12-5-4-10-16(18)17-11-6-7-13-19(17)25(21)23/h1-13,20-22H,14H2/t20-,21+,22+/m1/s1. The van der Waals surface area contributed by atoms with E-state index in [4.69, 9.17) is 4.74 Å². The third-order valence-corrected chi connectivity index (χ3v) is 6.20. The Kier molecular flexibility index (Phi) is 3.36. The highest BCUT2D eigenvalue weighted by Crippen LogP contribution is 2.53. The summed E-state index contributed by atoms with van der Waals surface area (Å²) in [6, 6.07) is 24.8. The lowest BCUT2D eigenvalue weighted by Crippen LogP contribution is -2.67. The van der Waals surface area contributed by atoms with E-state index >= 15 is 0 Å². The fraction of sp³-hybridized carbons (Fsp3) is 0.167. The van der Waals surface area contributed by atoms with Crippen molar-refractivity contribution in [3.05, 3.63) is 90.0 Å². The Labute approximate surface area is 168 Å². The fourth-order valence-corrected chi connectivity index (χ4v) is 4.91. The number of benzene rings is 3. The maximum absolute atomic E-state index is 13.4. The zero-order chi connectivity index (χ0) is 19.5. The number of nitrogens with zero attached hydrogens (tertiary/aromatic N) is 2. The molecule has 5 nitrogen and oxygen atoms in total. The van der Waals surface area contributed by atoms with Crippen LogP contribution >= 0.6 is 0 Å². The summed E-state index contributed by atoms with van der Waals surface area (Å²) in [5.74, 6) is -0.0586. The first kappa shape index (κ1) is 16.4. The number of fused-ring (bicyclic) bond motifs is 6. The summed E-state index contributed by atoms with van der Waals surface area (Å²) >= 11 is 0. The lowest BCUT2D eigenvalue weighted by molar-refractivity contribution is -0.131. The molecule has 0 spiro atoms. The lowest BCUT2D eigenvalue weighted by Gasteiger charge is -2.53. The maximum atomic E-state index is 13.4. The summed E-state index contributed by atoms with van der Waals surface area (Å²) in [4.78, 5) is 29.5. The molecular weight excluding hydrogens is 364 g/mol. The first-order valence-electron chi connectivity index (χ1n) is 9.77. The molecule has 3 aliphatic rings. The largest absolute Gasteiger partial charge is 0.447 e. The number of ether oxygens (including phenoxy) is 1. The molecule has 6 rings (SSSR count). The third-order valence-electron chi connectivity index (χ3n) is 6.20. The van der Waals surface area contributed by atoms with Crippen LogP contribution < -0.4 is 4.90 Å². The van der Waals surface area contributed by atoms with Gasteiger partial charge in [0.15, 0.2) is 0 Å². The fourth-order valence-electron chi connectivity index (χ4n) is 4.91. The molecule has 3 aromatic carbocycles. The summed E-state index contributed by atoms with van der Waals surface area (Å²) in [6.07, 6.45) is -0.423. The van der Waals surface area contributed by atoms with Gasteiger partial charge in [0.1, 0.15) is 12.6 Å². The predicted octanol–water partition coefficient (Wildman–Crippen LogP) is 4.32. The molecule has 142 valence electrons. The SMILES string of the molecule is O=C1[C@@H](N2C(=O)OC[C@@H]2c2ccccc2)[C@@H]2c3ccccc3-c3ccccc3N12. The van der Waals surface area contributed by atoms with Crippen molar-refractivity contribution in [2.24, 2.45) is 0 Å². The number of para-hydroxylation sites is 1. The molecule has 2 amide bonds. The first-order chi connectivity index (χ1) is 14.3. The van der Waals surface area contributed by atoms with E-state index in [0.29, 0.717) is 0 Å². The molecule has 0 unspecified atom stereocenters. The van der Waals surface area contributed by atoms with Crippen LogP contribution in [-0.4, -0.2) is 29.5 Å². The molecular formula is C24H18N2O3. The Morgan fingerprint density at radius 2 is 1.45 bits per heavy atom. The van der Waals surface area contributed by atoms with Gasteiger partial charge in [-0.25, -0.2) is 4.79 Å². The number of cyclic esters (lactones) is 1. The van der Waals surface area contributed by atoms with Gasteiger partial charge in [0, 0.05) is 5.56 Å². The van der Waals surface area contributed by atoms with E-state index in [-0.39, 0.29) is 24.6 Å². The van der Waals surface area contributed by atoms with Gasteiger partial charge in [0.2, 0.25) is 0 Å². The summed E-state index contributed by atoms with van der Waals surface area (Å²) in [7, 11) is 0. The molecule has 3 aromatic rings. The van der Waals surface area contributed by atoms with E-state index in [1.807, 2.05) is 71.6 Å². The van der Waals surface area contributed by atoms with Crippen LogP contribution in [0.15, 0.2) is 78.9 Å². The summed E-state index contributed by atoms with van der Waals surface area (Å²) in [5, 5.41) is 0. The summed E-state index contributed by atoms with van der Waals surface area (Å²) in [5.41, 5.74) is 5.12. The van der Waals surface area contributed by atoms with E-state index in [9.17, 15) is 9.59 Å². The molecule has 0 aliphatic carbocycles. The van der Waals surface area contributed by atoms with E-state index in [2.05, 4.69) is 12.1 Å². The first-order valence-corrected chi connectivity index (χ1v) is 9.77. The van der Waals surface area contributed by atoms with Crippen LogP contribution in [0.4, 0.5) is 10.5 Å². The van der Waals surface area contributed by atoms with Crippen molar-refractivity contribution in [1.29, 1.82) is 0 Å². The van der Waals surface area contributed by atoms with Crippen molar-refractivity contribution >= 4 is 17.7 Å². The van der Waals surface area contributed by atoms with Crippen LogP contribution in [0, 0.1) is 0 Å². The molecule has 3 atom stereocenters. The number of carbonyl (C=O) groups excluding carboxylic acids is 2. The van der Waals surface area contributed by atoms with Crippen molar-refractivity contribution in [3.63, 3.8) is 0 Å². The number of β-lactam (4-membered cyclic amide) rings is 1. The van der Waals surface area contributed by atoms with Gasteiger partial charge in [-0.3, -0.25) is 14.6 Å². The van der Waals surface area contributed by atoms with E-state index in [1.54, 1.807) is 4.90 Å². The van der Waals surface area contributed by atoms with E-state index in [1.165, 1.54) is 0 Å². The second kappa shape index (κ2) is 5.95. The quantitative estimate of drug-likeness (QED) is 0.621. The van der Waals surface area contributed by atoms with Crippen molar-refractivity contribution in [2.75, 3.05) is 11.5 Å². The molecule has 0 aromatic heterocycles. The summed E-state index contributed by atoms with van der Waals surface area (Å²) < 4.78 is 5.39. The molecule has 3 aliphatic heterocycles. The van der Waals surface area contributed by atoms with Gasteiger partial charge in [0.05, 0.1) is 17.8 Å². The van der Waals surface area contributed by atoms with Crippen molar-refractivity contribution < 1.29 is 14.3 Å². The number of anilines is 1. The molecule has 2 saturated heterocycles. The van der Waals surface area contributed by atoms with Crippen molar-refractivity contribution in [1.82, 2.24) is 4.90 Å². The van der Waals surface area contributed by atoms with Gasteiger partial charge in [-0.15, -0.1) is 0 Å².